The molecule has 16 heavy (non-hydrogen) atoms. The highest BCUT2D eigenvalue weighted by Crippen LogP contribution is 2.49. The van der Waals surface area contributed by atoms with Crippen molar-refractivity contribution in [2.45, 2.75) is 51.5 Å². The molecule has 2 fully saturated rings. The molecule has 0 saturated heterocycles. The van der Waals surface area contributed by atoms with Crippen molar-refractivity contribution in [1.29, 1.82) is 0 Å². The van der Waals surface area contributed by atoms with Crippen LogP contribution in [0.5, 0.6) is 0 Å². The second kappa shape index (κ2) is 6.30. The fourth-order valence-electron chi connectivity index (χ4n) is 3.76. The fraction of sp³-hybridized carbons (Fsp3) is 1.00. The van der Waals surface area contributed by atoms with E-state index in [1.165, 1.54) is 44.4 Å². The van der Waals surface area contributed by atoms with Crippen molar-refractivity contribution in [2.75, 3.05) is 18.6 Å². The first-order valence-corrected chi connectivity index (χ1v) is 8.43. The topological polar surface area (TPSA) is 12.0 Å². The maximum atomic E-state index is 3.76. The van der Waals surface area contributed by atoms with E-state index >= 15 is 0 Å². The number of fused-ring (bicyclic) bond motifs is 2. The summed E-state index contributed by atoms with van der Waals surface area (Å²) in [7, 11) is 0. The molecule has 2 aliphatic carbocycles. The van der Waals surface area contributed by atoms with E-state index in [1.54, 1.807) is 6.42 Å². The molecule has 2 saturated carbocycles. The summed E-state index contributed by atoms with van der Waals surface area (Å²) in [5, 5.41) is 3.76. The van der Waals surface area contributed by atoms with Crippen LogP contribution in [0.15, 0.2) is 0 Å². The minimum atomic E-state index is 0.768. The quantitative estimate of drug-likeness (QED) is 0.684. The van der Waals surface area contributed by atoms with Gasteiger partial charge < -0.3 is 5.32 Å². The van der Waals surface area contributed by atoms with Gasteiger partial charge in [0.1, 0.15) is 0 Å². The lowest BCUT2D eigenvalue weighted by molar-refractivity contribution is 0.260. The van der Waals surface area contributed by atoms with Crippen molar-refractivity contribution in [3.05, 3.63) is 0 Å². The zero-order valence-electron chi connectivity index (χ0n) is 10.9. The van der Waals surface area contributed by atoms with Crippen LogP contribution >= 0.6 is 11.8 Å². The largest absolute Gasteiger partial charge is 0.314 e. The number of hydrogen-bond donors (Lipinski definition) is 1. The third-order valence-corrected chi connectivity index (χ3v) is 5.37. The summed E-state index contributed by atoms with van der Waals surface area (Å²) in [4.78, 5) is 0. The van der Waals surface area contributed by atoms with Crippen molar-refractivity contribution in [3.8, 4) is 0 Å². The van der Waals surface area contributed by atoms with Gasteiger partial charge in [-0.1, -0.05) is 6.42 Å². The minimum absolute atomic E-state index is 0.768. The summed E-state index contributed by atoms with van der Waals surface area (Å²) in [6, 6.07) is 0.768. The molecule has 0 aromatic heterocycles. The van der Waals surface area contributed by atoms with Crippen molar-refractivity contribution < 1.29 is 0 Å². The minimum Gasteiger partial charge on any atom is -0.314 e. The zero-order valence-corrected chi connectivity index (χ0v) is 11.7. The zero-order chi connectivity index (χ0) is 11.4. The van der Waals surface area contributed by atoms with E-state index in [0.29, 0.717) is 0 Å². The Morgan fingerprint density at radius 1 is 1.25 bits per heavy atom. The van der Waals surface area contributed by atoms with Crippen LogP contribution in [0.4, 0.5) is 0 Å². The van der Waals surface area contributed by atoms with Crippen LogP contribution in [0.3, 0.4) is 0 Å². The molecular formula is C14H27NS. The van der Waals surface area contributed by atoms with Gasteiger partial charge in [0.05, 0.1) is 0 Å². The summed E-state index contributed by atoms with van der Waals surface area (Å²) in [5.74, 6) is 4.48. The molecule has 0 aliphatic heterocycles. The Hall–Kier alpha value is 0.310. The molecule has 0 aromatic rings. The molecule has 2 heteroatoms. The Morgan fingerprint density at radius 3 is 2.75 bits per heavy atom. The highest BCUT2D eigenvalue weighted by molar-refractivity contribution is 7.98. The highest BCUT2D eigenvalue weighted by atomic mass is 32.2. The van der Waals surface area contributed by atoms with Crippen molar-refractivity contribution in [1.82, 2.24) is 5.32 Å². The van der Waals surface area contributed by atoms with Gasteiger partial charge in [-0.3, -0.25) is 0 Å². The standard InChI is InChI=1S/C14H27NS/c1-11(15-7-3-4-8-16-2)14-10-12-5-6-13(14)9-12/h11-15H,3-10H2,1-2H3. The van der Waals surface area contributed by atoms with Gasteiger partial charge in [0.2, 0.25) is 0 Å². The van der Waals surface area contributed by atoms with Gasteiger partial charge in [0.25, 0.3) is 0 Å². The van der Waals surface area contributed by atoms with E-state index in [0.717, 1.165) is 23.8 Å². The fourth-order valence-corrected chi connectivity index (χ4v) is 4.25. The Bertz CT molecular complexity index is 207. The molecule has 0 heterocycles. The second-order valence-electron chi connectivity index (χ2n) is 5.78. The predicted octanol–water partition coefficient (Wildman–Crippen LogP) is 3.54. The SMILES string of the molecule is CSCCCCNC(C)C1CC2CCC1C2. The molecule has 1 nitrogen and oxygen atoms in total. The number of rotatable bonds is 7. The van der Waals surface area contributed by atoms with Gasteiger partial charge in [-0.2, -0.15) is 11.8 Å². The molecule has 2 bridgehead atoms. The highest BCUT2D eigenvalue weighted by Gasteiger charge is 2.41. The summed E-state index contributed by atoms with van der Waals surface area (Å²) >= 11 is 1.97. The summed E-state index contributed by atoms with van der Waals surface area (Å²) < 4.78 is 0. The van der Waals surface area contributed by atoms with Gasteiger partial charge in [0, 0.05) is 6.04 Å². The lowest BCUT2D eigenvalue weighted by Gasteiger charge is -2.28. The maximum Gasteiger partial charge on any atom is 0.00697 e. The number of hydrogen-bond acceptors (Lipinski definition) is 2. The van der Waals surface area contributed by atoms with Crippen molar-refractivity contribution >= 4 is 11.8 Å². The van der Waals surface area contributed by atoms with Crippen molar-refractivity contribution in [2.24, 2.45) is 17.8 Å². The van der Waals surface area contributed by atoms with E-state index < -0.39 is 0 Å². The molecule has 1 N–H and O–H groups in total. The normalized spacial score (nSPS) is 34.5. The molecule has 2 rings (SSSR count). The van der Waals surface area contributed by atoms with E-state index in [2.05, 4.69) is 18.5 Å². The van der Waals surface area contributed by atoms with Gasteiger partial charge in [-0.15, -0.1) is 0 Å². The smallest absolute Gasteiger partial charge is 0.00697 e. The lowest BCUT2D eigenvalue weighted by Crippen LogP contribution is -2.36. The van der Waals surface area contributed by atoms with Crippen LogP contribution in [-0.2, 0) is 0 Å². The summed E-state index contributed by atoms with van der Waals surface area (Å²) in [6.07, 6.45) is 11.0. The van der Waals surface area contributed by atoms with E-state index in [-0.39, 0.29) is 0 Å². The average Bonchev–Trinajstić information content (AvgIpc) is 2.90. The second-order valence-corrected chi connectivity index (χ2v) is 6.77. The first-order chi connectivity index (χ1) is 7.81. The van der Waals surface area contributed by atoms with Crippen LogP contribution in [0, 0.1) is 17.8 Å². The Morgan fingerprint density at radius 2 is 2.12 bits per heavy atom. The third-order valence-electron chi connectivity index (χ3n) is 4.68. The molecule has 4 unspecified atom stereocenters. The molecule has 0 radical (unpaired) electrons. The molecule has 2 aliphatic rings. The predicted molar refractivity (Wildman–Crippen MR) is 74.0 cm³/mol. The molecule has 4 atom stereocenters. The van der Waals surface area contributed by atoms with Gasteiger partial charge >= 0.3 is 0 Å². The van der Waals surface area contributed by atoms with Crippen molar-refractivity contribution in [3.63, 3.8) is 0 Å². The molecular weight excluding hydrogens is 214 g/mol. The number of nitrogens with one attached hydrogen (secondary N) is 1. The Balaban J connectivity index is 1.59. The molecule has 94 valence electrons. The van der Waals surface area contributed by atoms with Gasteiger partial charge in [-0.25, -0.2) is 0 Å². The summed E-state index contributed by atoms with van der Waals surface area (Å²) in [6.45, 7) is 3.65. The average molecular weight is 241 g/mol. The van der Waals surface area contributed by atoms with Crippen LogP contribution in [0.2, 0.25) is 0 Å². The first kappa shape index (κ1) is 12.8. The van der Waals surface area contributed by atoms with Gasteiger partial charge in [0.15, 0.2) is 0 Å². The first-order valence-electron chi connectivity index (χ1n) is 7.03. The van der Waals surface area contributed by atoms with Crippen LogP contribution in [-0.4, -0.2) is 24.6 Å². The lowest BCUT2D eigenvalue weighted by atomic mass is 9.84. The van der Waals surface area contributed by atoms with Gasteiger partial charge in [-0.05, 0) is 75.3 Å². The summed E-state index contributed by atoms with van der Waals surface area (Å²) in [5.41, 5.74) is 0. The monoisotopic (exact) mass is 241 g/mol. The van der Waals surface area contributed by atoms with Crippen LogP contribution < -0.4 is 5.32 Å². The molecule has 0 amide bonds. The van der Waals surface area contributed by atoms with Crippen LogP contribution in [0.25, 0.3) is 0 Å². The number of unbranched alkanes of at least 4 members (excludes halogenated alkanes) is 1. The van der Waals surface area contributed by atoms with E-state index in [1.807, 2.05) is 11.8 Å². The Labute approximate surface area is 105 Å². The molecule has 0 aromatic carbocycles. The van der Waals surface area contributed by atoms with E-state index in [4.69, 9.17) is 0 Å². The maximum absolute atomic E-state index is 3.76. The van der Waals surface area contributed by atoms with Crippen LogP contribution in [0.1, 0.15) is 45.4 Å². The van der Waals surface area contributed by atoms with E-state index in [9.17, 15) is 0 Å². The third kappa shape index (κ3) is 3.16. The molecule has 0 spiro atoms. The number of thioether (sulfide) groups is 1. The Kier molecular flexibility index (Phi) is 5.02.